The van der Waals surface area contributed by atoms with E-state index in [-0.39, 0.29) is 5.91 Å². The Morgan fingerprint density at radius 2 is 1.96 bits per heavy atom. The van der Waals surface area contributed by atoms with Crippen LogP contribution in [0.3, 0.4) is 0 Å². The quantitative estimate of drug-likeness (QED) is 0.867. The van der Waals surface area contributed by atoms with Crippen molar-refractivity contribution in [1.82, 2.24) is 4.90 Å². The molecule has 23 heavy (non-hydrogen) atoms. The van der Waals surface area contributed by atoms with Gasteiger partial charge in [-0.25, -0.2) is 4.98 Å². The number of aromatic amines is 1. The zero-order valence-corrected chi connectivity index (χ0v) is 13.4. The number of carbonyl (C=O) groups is 1. The molecule has 5 nitrogen and oxygen atoms in total. The lowest BCUT2D eigenvalue weighted by Gasteiger charge is -2.32. The molecule has 1 saturated heterocycles. The van der Waals surface area contributed by atoms with E-state index >= 15 is 0 Å². The number of ether oxygens (including phenoxy) is 1. The Hall–Kier alpha value is -2.40. The number of quaternary nitrogens is 1. The van der Waals surface area contributed by atoms with E-state index < -0.39 is 0 Å². The first-order valence-corrected chi connectivity index (χ1v) is 7.98. The van der Waals surface area contributed by atoms with Gasteiger partial charge in [-0.15, -0.1) is 0 Å². The van der Waals surface area contributed by atoms with Crippen molar-refractivity contribution in [3.05, 3.63) is 59.9 Å². The third kappa shape index (κ3) is 3.87. The van der Waals surface area contributed by atoms with Gasteiger partial charge >= 0.3 is 0 Å². The van der Waals surface area contributed by atoms with Crippen LogP contribution in [0.4, 0.5) is 0 Å². The molecule has 0 aliphatic carbocycles. The summed E-state index contributed by atoms with van der Waals surface area (Å²) >= 11 is 0. The summed E-state index contributed by atoms with van der Waals surface area (Å²) in [6, 6.07) is 11.6. The molecule has 0 saturated carbocycles. The molecule has 0 radical (unpaired) electrons. The SMILES string of the molecule is COc1cccc(C(=O)N2CC[NH+](Cc3cc[nH+]cc3)CC2)c1. The van der Waals surface area contributed by atoms with Crippen LogP contribution in [0.5, 0.6) is 5.75 Å². The molecule has 0 atom stereocenters. The molecule has 1 amide bonds. The third-order valence-corrected chi connectivity index (χ3v) is 4.32. The summed E-state index contributed by atoms with van der Waals surface area (Å²) in [7, 11) is 1.62. The number of rotatable bonds is 4. The molecule has 1 aromatic heterocycles. The van der Waals surface area contributed by atoms with E-state index in [1.807, 2.05) is 41.6 Å². The van der Waals surface area contributed by atoms with Gasteiger partial charge in [0.15, 0.2) is 12.4 Å². The Labute approximate surface area is 136 Å². The van der Waals surface area contributed by atoms with Crippen molar-refractivity contribution in [2.24, 2.45) is 0 Å². The predicted octanol–water partition coefficient (Wildman–Crippen LogP) is 0.0502. The van der Waals surface area contributed by atoms with Crippen molar-refractivity contribution in [3.63, 3.8) is 0 Å². The number of carbonyl (C=O) groups excluding carboxylic acids is 1. The highest BCUT2D eigenvalue weighted by atomic mass is 16.5. The summed E-state index contributed by atoms with van der Waals surface area (Å²) in [6.45, 7) is 4.56. The van der Waals surface area contributed by atoms with E-state index in [1.54, 1.807) is 7.11 Å². The molecule has 2 heterocycles. The highest BCUT2D eigenvalue weighted by Gasteiger charge is 2.24. The number of aromatic nitrogens is 1. The summed E-state index contributed by atoms with van der Waals surface area (Å²) in [5.74, 6) is 0.818. The number of piperazine rings is 1. The minimum atomic E-state index is 0.0947. The maximum atomic E-state index is 12.6. The maximum absolute atomic E-state index is 12.6. The smallest absolute Gasteiger partial charge is 0.254 e. The standard InChI is InChI=1S/C18H21N3O2/c1-23-17-4-2-3-16(13-17)18(22)21-11-9-20(10-12-21)14-15-5-7-19-8-6-15/h2-8,13H,9-12,14H2,1H3/p+2. The number of H-pyrrole nitrogens is 1. The van der Waals surface area contributed by atoms with E-state index in [9.17, 15) is 4.79 Å². The van der Waals surface area contributed by atoms with Crippen LogP contribution in [0.2, 0.25) is 0 Å². The number of pyridine rings is 1. The van der Waals surface area contributed by atoms with Gasteiger partial charge in [-0.1, -0.05) is 6.07 Å². The van der Waals surface area contributed by atoms with Gasteiger partial charge in [0.1, 0.15) is 12.3 Å². The Balaban J connectivity index is 1.57. The number of nitrogens with one attached hydrogen (secondary N) is 2. The van der Waals surface area contributed by atoms with E-state index in [1.165, 1.54) is 10.5 Å². The second kappa shape index (κ2) is 7.24. The van der Waals surface area contributed by atoms with Crippen LogP contribution in [0.25, 0.3) is 0 Å². The van der Waals surface area contributed by atoms with Crippen molar-refractivity contribution >= 4 is 5.91 Å². The first kappa shape index (κ1) is 15.5. The third-order valence-electron chi connectivity index (χ3n) is 4.32. The minimum absolute atomic E-state index is 0.0947. The maximum Gasteiger partial charge on any atom is 0.254 e. The highest BCUT2D eigenvalue weighted by Crippen LogP contribution is 2.14. The molecule has 0 unspecified atom stereocenters. The van der Waals surface area contributed by atoms with Crippen molar-refractivity contribution in [1.29, 1.82) is 0 Å². The zero-order valence-electron chi connectivity index (χ0n) is 13.4. The lowest BCUT2D eigenvalue weighted by molar-refractivity contribution is -0.917. The average Bonchev–Trinajstić information content (AvgIpc) is 2.63. The summed E-state index contributed by atoms with van der Waals surface area (Å²) in [6.07, 6.45) is 3.91. The fraction of sp³-hybridized carbons (Fsp3) is 0.333. The monoisotopic (exact) mass is 313 g/mol. The van der Waals surface area contributed by atoms with Gasteiger partial charge in [-0.05, 0) is 18.2 Å². The van der Waals surface area contributed by atoms with Crippen LogP contribution < -0.4 is 14.6 Å². The minimum Gasteiger partial charge on any atom is -0.497 e. The molecule has 2 N–H and O–H groups in total. The van der Waals surface area contributed by atoms with E-state index in [0.717, 1.165) is 38.5 Å². The highest BCUT2D eigenvalue weighted by molar-refractivity contribution is 5.94. The van der Waals surface area contributed by atoms with Gasteiger partial charge in [0.05, 0.1) is 33.3 Å². The largest absolute Gasteiger partial charge is 0.497 e. The average molecular weight is 313 g/mol. The van der Waals surface area contributed by atoms with Gasteiger partial charge in [0.2, 0.25) is 0 Å². The molecule has 1 aliphatic heterocycles. The van der Waals surface area contributed by atoms with E-state index in [4.69, 9.17) is 4.74 Å². The number of hydrogen-bond acceptors (Lipinski definition) is 2. The van der Waals surface area contributed by atoms with Crippen LogP contribution in [0.15, 0.2) is 48.8 Å². The lowest BCUT2D eigenvalue weighted by atomic mass is 10.1. The summed E-state index contributed by atoms with van der Waals surface area (Å²) in [4.78, 5) is 19.1. The fourth-order valence-electron chi connectivity index (χ4n) is 2.97. The molecule has 5 heteroatoms. The molecule has 120 valence electrons. The lowest BCUT2D eigenvalue weighted by Crippen LogP contribution is -3.13. The molecule has 1 aromatic carbocycles. The number of methoxy groups -OCH3 is 1. The van der Waals surface area contributed by atoms with Crippen molar-refractivity contribution in [2.45, 2.75) is 6.54 Å². The van der Waals surface area contributed by atoms with Crippen molar-refractivity contribution < 1.29 is 19.4 Å². The molecule has 0 bridgehead atoms. The van der Waals surface area contributed by atoms with Crippen LogP contribution in [-0.4, -0.2) is 44.1 Å². The van der Waals surface area contributed by atoms with Crippen LogP contribution in [0, 0.1) is 0 Å². The van der Waals surface area contributed by atoms with Crippen molar-refractivity contribution in [2.75, 3.05) is 33.3 Å². The number of amides is 1. The van der Waals surface area contributed by atoms with Crippen LogP contribution in [0.1, 0.15) is 15.9 Å². The zero-order chi connectivity index (χ0) is 16.1. The van der Waals surface area contributed by atoms with Crippen LogP contribution >= 0.6 is 0 Å². The molecule has 2 aromatic rings. The van der Waals surface area contributed by atoms with Gasteiger partial charge in [0, 0.05) is 23.3 Å². The summed E-state index contributed by atoms with van der Waals surface area (Å²) in [5.41, 5.74) is 2.03. The van der Waals surface area contributed by atoms with Gasteiger partial charge in [-0.3, -0.25) is 4.79 Å². The van der Waals surface area contributed by atoms with Gasteiger partial charge < -0.3 is 14.5 Å². The Kier molecular flexibility index (Phi) is 4.88. The molecule has 0 spiro atoms. The predicted molar refractivity (Wildman–Crippen MR) is 86.3 cm³/mol. The number of nitrogens with zero attached hydrogens (tertiary/aromatic N) is 1. The van der Waals surface area contributed by atoms with Gasteiger partial charge in [0.25, 0.3) is 5.91 Å². The molecule has 1 fully saturated rings. The second-order valence-corrected chi connectivity index (χ2v) is 5.86. The Bertz CT molecular complexity index is 652. The topological polar surface area (TPSA) is 48.1 Å². The second-order valence-electron chi connectivity index (χ2n) is 5.86. The Morgan fingerprint density at radius 1 is 1.22 bits per heavy atom. The normalized spacial score (nSPS) is 15.4. The first-order chi connectivity index (χ1) is 11.3. The number of benzene rings is 1. The summed E-state index contributed by atoms with van der Waals surface area (Å²) < 4.78 is 5.20. The molecular weight excluding hydrogens is 290 g/mol. The number of hydrogen-bond donors (Lipinski definition) is 1. The first-order valence-electron chi connectivity index (χ1n) is 7.98. The van der Waals surface area contributed by atoms with Gasteiger partial charge in [-0.2, -0.15) is 0 Å². The van der Waals surface area contributed by atoms with E-state index in [2.05, 4.69) is 17.1 Å². The van der Waals surface area contributed by atoms with Crippen molar-refractivity contribution in [3.8, 4) is 5.75 Å². The molecule has 1 aliphatic rings. The van der Waals surface area contributed by atoms with Crippen LogP contribution in [-0.2, 0) is 6.54 Å². The molecular formula is C18H23N3O2+2. The Morgan fingerprint density at radius 3 is 2.65 bits per heavy atom. The van der Waals surface area contributed by atoms with E-state index in [0.29, 0.717) is 5.56 Å². The molecule has 3 rings (SSSR count). The fourth-order valence-corrected chi connectivity index (χ4v) is 2.97. The summed E-state index contributed by atoms with van der Waals surface area (Å²) in [5, 5.41) is 0.